The van der Waals surface area contributed by atoms with Crippen LogP contribution in [0.3, 0.4) is 0 Å². The van der Waals surface area contributed by atoms with E-state index in [-0.39, 0.29) is 21.8 Å². The Morgan fingerprint density at radius 3 is 2.00 bits per heavy atom. The van der Waals surface area contributed by atoms with Crippen LogP contribution < -0.4 is 11.1 Å². The number of benzene rings is 1. The maximum Gasteiger partial charge on any atom is 0.297 e. The zero-order chi connectivity index (χ0) is 17.9. The molecule has 5 N–H and O–H groups in total. The van der Waals surface area contributed by atoms with Crippen molar-refractivity contribution in [3.63, 3.8) is 0 Å². The first kappa shape index (κ1) is 20.7. The molecule has 0 atom stereocenters. The molecule has 23 heavy (non-hydrogen) atoms. The topological polar surface area (TPSA) is 156 Å². The van der Waals surface area contributed by atoms with Gasteiger partial charge in [0.15, 0.2) is 0 Å². The van der Waals surface area contributed by atoms with E-state index in [1.807, 2.05) is 0 Å². The van der Waals surface area contributed by atoms with Crippen LogP contribution >= 0.6 is 67.8 Å². The molecule has 0 bridgehead atoms. The number of nitrogens with zero attached hydrogens (tertiary/aromatic N) is 1. The van der Waals surface area contributed by atoms with Crippen LogP contribution in [-0.4, -0.2) is 46.2 Å². The van der Waals surface area contributed by atoms with Gasteiger partial charge < -0.3 is 21.3 Å². The Kier molecular flexibility index (Phi) is 7.81. The highest BCUT2D eigenvalue weighted by molar-refractivity contribution is 14.1. The van der Waals surface area contributed by atoms with E-state index in [2.05, 4.69) is 5.32 Å². The summed E-state index contributed by atoms with van der Waals surface area (Å²) in [4.78, 5) is 34.5. The van der Waals surface area contributed by atoms with Crippen molar-refractivity contribution in [3.8, 4) is 0 Å². The average molecular weight is 661 g/mol. The molecule has 1 aromatic carbocycles. The summed E-state index contributed by atoms with van der Waals surface area (Å²) < 4.78 is 0.256. The van der Waals surface area contributed by atoms with E-state index in [0.29, 0.717) is 0 Å². The fourth-order valence-corrected chi connectivity index (χ4v) is 6.22. The second-order valence-corrected chi connectivity index (χ2v) is 7.43. The summed E-state index contributed by atoms with van der Waals surface area (Å²) in [5.74, 6) is -1.65. The first-order chi connectivity index (χ1) is 10.7. The van der Waals surface area contributed by atoms with Crippen molar-refractivity contribution < 1.29 is 24.7 Å². The van der Waals surface area contributed by atoms with E-state index in [9.17, 15) is 19.7 Å². The molecule has 0 saturated heterocycles. The van der Waals surface area contributed by atoms with E-state index in [4.69, 9.17) is 15.9 Å². The normalized spacial score (nSPS) is 10.7. The van der Waals surface area contributed by atoms with Crippen LogP contribution in [0, 0.1) is 20.8 Å². The van der Waals surface area contributed by atoms with Crippen molar-refractivity contribution in [1.29, 1.82) is 0 Å². The Hall–Kier alpha value is -0.330. The van der Waals surface area contributed by atoms with Gasteiger partial charge in [0.2, 0.25) is 0 Å². The van der Waals surface area contributed by atoms with Gasteiger partial charge in [-0.25, -0.2) is 0 Å². The third kappa shape index (κ3) is 4.40. The minimum Gasteiger partial charge on any atom is -0.394 e. The highest BCUT2D eigenvalue weighted by Gasteiger charge is 2.32. The molecule has 0 aliphatic carbocycles. The second kappa shape index (κ2) is 8.67. The van der Waals surface area contributed by atoms with Gasteiger partial charge in [-0.3, -0.25) is 19.7 Å². The van der Waals surface area contributed by atoms with Crippen molar-refractivity contribution in [1.82, 2.24) is 5.32 Å². The lowest BCUT2D eigenvalue weighted by atomic mass is 10.1. The number of hydrogen-bond acceptors (Lipinski definition) is 6. The summed E-state index contributed by atoms with van der Waals surface area (Å²) in [6.45, 7) is -1.02. The van der Waals surface area contributed by atoms with Gasteiger partial charge in [0, 0.05) is 3.57 Å². The first-order valence-corrected chi connectivity index (χ1v) is 9.08. The number of nitrogens with two attached hydrogens (primary N) is 1. The Labute approximate surface area is 170 Å². The molecule has 0 spiro atoms. The van der Waals surface area contributed by atoms with Crippen LogP contribution in [0.15, 0.2) is 0 Å². The molecule has 0 aliphatic rings. The summed E-state index contributed by atoms with van der Waals surface area (Å²) in [6.07, 6.45) is 0. The molecule has 0 radical (unpaired) electrons. The molecule has 2 amide bonds. The van der Waals surface area contributed by atoms with Gasteiger partial charge in [-0.2, -0.15) is 0 Å². The molecular weight excluding hydrogens is 651 g/mol. The van der Waals surface area contributed by atoms with Crippen molar-refractivity contribution >= 4 is 85.3 Å². The van der Waals surface area contributed by atoms with Gasteiger partial charge in [-0.05, 0) is 67.8 Å². The SMILES string of the molecule is NC(=O)c1c(I)c(C(=O)NC(CO)CO)c(I)c([N+](=O)[O-])c1I. The fraction of sp³-hybridized carbons (Fsp3) is 0.273. The summed E-state index contributed by atoms with van der Waals surface area (Å²) in [5, 5.41) is 31.7. The van der Waals surface area contributed by atoms with Gasteiger partial charge in [0.25, 0.3) is 17.5 Å². The van der Waals surface area contributed by atoms with E-state index < -0.39 is 41.7 Å². The van der Waals surface area contributed by atoms with Crippen LogP contribution in [0.5, 0.6) is 0 Å². The molecular formula is C11H10I3N3O6. The Bertz CT molecular complexity index is 636. The van der Waals surface area contributed by atoms with E-state index >= 15 is 0 Å². The quantitative estimate of drug-likeness (QED) is 0.199. The highest BCUT2D eigenvalue weighted by Crippen LogP contribution is 2.36. The van der Waals surface area contributed by atoms with Crippen LogP contribution in [-0.2, 0) is 0 Å². The minimum absolute atomic E-state index is 0.0403. The number of primary amides is 1. The molecule has 0 aliphatic heterocycles. The number of hydrogen-bond donors (Lipinski definition) is 4. The molecule has 0 unspecified atom stereocenters. The molecule has 126 valence electrons. The molecule has 0 heterocycles. The number of aliphatic hydroxyl groups is 2. The number of nitro benzene ring substituents is 1. The van der Waals surface area contributed by atoms with Crippen molar-refractivity contribution in [2.75, 3.05) is 13.2 Å². The monoisotopic (exact) mass is 661 g/mol. The van der Waals surface area contributed by atoms with E-state index in [1.54, 1.807) is 67.8 Å². The number of aliphatic hydroxyl groups excluding tert-OH is 2. The lowest BCUT2D eigenvalue weighted by Gasteiger charge is -2.17. The van der Waals surface area contributed by atoms with Gasteiger partial charge in [0.05, 0.1) is 35.3 Å². The third-order valence-electron chi connectivity index (χ3n) is 2.73. The first-order valence-electron chi connectivity index (χ1n) is 5.84. The molecule has 12 heteroatoms. The zero-order valence-electron chi connectivity index (χ0n) is 11.2. The summed E-state index contributed by atoms with van der Waals surface area (Å²) >= 11 is 5.00. The average Bonchev–Trinajstić information content (AvgIpc) is 2.43. The fourth-order valence-electron chi connectivity index (χ4n) is 1.63. The molecule has 0 aromatic heterocycles. The third-order valence-corrected chi connectivity index (χ3v) is 5.91. The van der Waals surface area contributed by atoms with E-state index in [0.717, 1.165) is 0 Å². The smallest absolute Gasteiger partial charge is 0.297 e. The van der Waals surface area contributed by atoms with Crippen molar-refractivity contribution in [2.45, 2.75) is 6.04 Å². The number of carbonyl (C=O) groups is 2. The van der Waals surface area contributed by atoms with Gasteiger partial charge >= 0.3 is 0 Å². The van der Waals surface area contributed by atoms with Gasteiger partial charge in [0.1, 0.15) is 7.14 Å². The lowest BCUT2D eigenvalue weighted by Crippen LogP contribution is -2.41. The summed E-state index contributed by atoms with van der Waals surface area (Å²) in [5.41, 5.74) is 4.66. The number of rotatable bonds is 6. The van der Waals surface area contributed by atoms with Gasteiger partial charge in [-0.1, -0.05) is 0 Å². The number of nitro groups is 1. The molecule has 0 fully saturated rings. The Morgan fingerprint density at radius 2 is 1.61 bits per heavy atom. The van der Waals surface area contributed by atoms with E-state index in [1.165, 1.54) is 0 Å². The number of halogens is 3. The standard InChI is InChI=1S/C11H10I3N3O6/c12-6-4(10(15)20)7(13)9(17(22)23)8(14)5(6)11(21)16-3(1-18)2-19/h3,18-19H,1-2H2,(H2,15,20)(H,16,21). The van der Waals surface area contributed by atoms with Crippen molar-refractivity contribution in [2.24, 2.45) is 5.73 Å². The maximum atomic E-state index is 12.4. The minimum atomic E-state index is -0.926. The van der Waals surface area contributed by atoms with Crippen LogP contribution in [0.4, 0.5) is 5.69 Å². The predicted molar refractivity (Wildman–Crippen MR) is 105 cm³/mol. The van der Waals surface area contributed by atoms with Crippen LogP contribution in [0.2, 0.25) is 0 Å². The molecule has 9 nitrogen and oxygen atoms in total. The Balaban J connectivity index is 3.62. The highest BCUT2D eigenvalue weighted by atomic mass is 127. The lowest BCUT2D eigenvalue weighted by molar-refractivity contribution is -0.386. The molecule has 1 aromatic rings. The molecule has 0 saturated carbocycles. The Morgan fingerprint density at radius 1 is 1.13 bits per heavy atom. The molecule has 1 rings (SSSR count). The number of nitrogens with one attached hydrogen (secondary N) is 1. The van der Waals surface area contributed by atoms with Crippen LogP contribution in [0.1, 0.15) is 20.7 Å². The number of carbonyl (C=O) groups excluding carboxylic acids is 2. The summed E-state index contributed by atoms with van der Waals surface area (Å²) in [7, 11) is 0. The van der Waals surface area contributed by atoms with Crippen LogP contribution in [0.25, 0.3) is 0 Å². The second-order valence-electron chi connectivity index (χ2n) is 4.20. The van der Waals surface area contributed by atoms with Crippen molar-refractivity contribution in [3.05, 3.63) is 32.0 Å². The van der Waals surface area contributed by atoms with Gasteiger partial charge in [-0.15, -0.1) is 0 Å². The number of amides is 2. The zero-order valence-corrected chi connectivity index (χ0v) is 17.6. The summed E-state index contributed by atoms with van der Waals surface area (Å²) in [6, 6.07) is -0.926. The predicted octanol–water partition coefficient (Wildman–Crippen LogP) is 0.591. The maximum absolute atomic E-state index is 12.4. The largest absolute Gasteiger partial charge is 0.394 e.